The molecular formula is C44H53Cl3N10O7. The van der Waals surface area contributed by atoms with Gasteiger partial charge in [-0.15, -0.1) is 37.2 Å². The number of carbonyl (C=O) groups is 1. The van der Waals surface area contributed by atoms with Gasteiger partial charge in [0.2, 0.25) is 0 Å². The van der Waals surface area contributed by atoms with Crippen LogP contribution in [-0.4, -0.2) is 121 Å². The summed E-state index contributed by atoms with van der Waals surface area (Å²) in [5.41, 5.74) is 1.07. The smallest absolute Gasteiger partial charge is 0.336 e. The number of benzene rings is 4. The number of aromatic amines is 1. The van der Waals surface area contributed by atoms with E-state index in [9.17, 15) is 34.1 Å². The van der Waals surface area contributed by atoms with Gasteiger partial charge in [-0.2, -0.15) is 0 Å². The second-order valence-electron chi connectivity index (χ2n) is 15.9. The minimum absolute atomic E-state index is 0. The number of fused-ring (bicyclic) bond motifs is 4. The van der Waals surface area contributed by atoms with Crippen LogP contribution < -0.4 is 38.1 Å². The summed E-state index contributed by atoms with van der Waals surface area (Å²) in [5.74, 6) is -0.343. The van der Waals surface area contributed by atoms with Gasteiger partial charge in [0, 0.05) is 68.2 Å². The Bertz CT molecular complexity index is 3070. The number of amides is 1. The van der Waals surface area contributed by atoms with E-state index < -0.39 is 21.6 Å². The van der Waals surface area contributed by atoms with E-state index in [0.717, 1.165) is 13.0 Å². The Morgan fingerprint density at radius 2 is 1.34 bits per heavy atom. The van der Waals surface area contributed by atoms with E-state index >= 15 is 0 Å². The van der Waals surface area contributed by atoms with Gasteiger partial charge in [-0.25, -0.2) is 4.79 Å². The fourth-order valence-electron chi connectivity index (χ4n) is 7.80. The number of nitro groups is 1. The van der Waals surface area contributed by atoms with Crippen LogP contribution in [0.15, 0.2) is 85.9 Å². The number of nitrogens with one attached hydrogen (secondary N) is 4. The second-order valence-corrected chi connectivity index (χ2v) is 15.9. The van der Waals surface area contributed by atoms with Gasteiger partial charge in [0.15, 0.2) is 10.9 Å². The highest BCUT2D eigenvalue weighted by atomic mass is 35.5. The zero-order valence-corrected chi connectivity index (χ0v) is 38.6. The summed E-state index contributed by atoms with van der Waals surface area (Å²) in [6, 6.07) is 17.8. The Hall–Kier alpha value is -5.82. The number of nitro benzene ring substituents is 1. The summed E-state index contributed by atoms with van der Waals surface area (Å²) >= 11 is 0. The number of pyridine rings is 2. The molecule has 64 heavy (non-hydrogen) atoms. The van der Waals surface area contributed by atoms with Gasteiger partial charge in [0.05, 0.1) is 54.1 Å². The summed E-state index contributed by atoms with van der Waals surface area (Å²) in [6.45, 7) is 4.21. The standard InChI is InChI=1S/C44H50N10O7.3ClH/c1-49(2)23-20-47-42(57)29-13-16-33(36-38(29)48-32-15-12-27(54(60)61)26-31(32)41(36)56)45-18-8-21-51(5)22-9-19-46-34-17-14-30-39-37(34)40(55)28-10-6-7-11-35(28)53(39)44(59)52(43(30)58)25-24-50(3)4;;;/h6-7,10-17,26,45-46H,8-9,18-25H2,1-5H3,(H,47,57)(H,48,56);3*1H. The largest absolute Gasteiger partial charge is 0.384 e. The van der Waals surface area contributed by atoms with E-state index in [1.807, 2.05) is 45.0 Å². The normalized spacial score (nSPS) is 11.4. The van der Waals surface area contributed by atoms with Crippen LogP contribution in [-0.2, 0) is 6.54 Å². The molecule has 0 bridgehead atoms. The molecule has 4 aromatic carbocycles. The third-order valence-corrected chi connectivity index (χ3v) is 11.0. The molecule has 3 heterocycles. The molecule has 0 unspecified atom stereocenters. The fraction of sp³-hybridized carbons (Fsp3) is 0.341. The van der Waals surface area contributed by atoms with Crippen molar-refractivity contribution < 1.29 is 9.72 Å². The third-order valence-electron chi connectivity index (χ3n) is 11.0. The lowest BCUT2D eigenvalue weighted by Gasteiger charge is -2.19. The number of hydrogen-bond acceptors (Lipinski definition) is 12. The van der Waals surface area contributed by atoms with Gasteiger partial charge in [-0.1, -0.05) is 12.1 Å². The van der Waals surface area contributed by atoms with Crippen LogP contribution in [0.25, 0.3) is 49.0 Å². The Labute approximate surface area is 386 Å². The van der Waals surface area contributed by atoms with Crippen LogP contribution >= 0.6 is 37.2 Å². The number of aromatic nitrogens is 3. The maximum absolute atomic E-state index is 14.0. The maximum Gasteiger partial charge on any atom is 0.336 e. The molecule has 3 aromatic heterocycles. The van der Waals surface area contributed by atoms with Gasteiger partial charge >= 0.3 is 5.69 Å². The van der Waals surface area contributed by atoms with E-state index in [-0.39, 0.29) is 71.6 Å². The van der Waals surface area contributed by atoms with E-state index in [2.05, 4.69) is 25.8 Å². The number of rotatable bonds is 18. The average Bonchev–Trinajstić information content (AvgIpc) is 3.23. The molecule has 0 aliphatic rings. The first-order valence-electron chi connectivity index (χ1n) is 20.2. The van der Waals surface area contributed by atoms with Crippen molar-refractivity contribution in [3.05, 3.63) is 124 Å². The third kappa shape index (κ3) is 10.3. The average molecular weight is 940 g/mol. The number of anilines is 2. The number of carbonyl (C=O) groups excluding carboxylic acids is 1. The molecule has 0 saturated carbocycles. The van der Waals surface area contributed by atoms with E-state index in [4.69, 9.17) is 0 Å². The molecule has 0 spiro atoms. The molecular weight excluding hydrogens is 887 g/mol. The second kappa shape index (κ2) is 21.7. The summed E-state index contributed by atoms with van der Waals surface area (Å²) in [4.78, 5) is 88.9. The predicted molar refractivity (Wildman–Crippen MR) is 264 cm³/mol. The van der Waals surface area contributed by atoms with Crippen molar-refractivity contribution in [2.24, 2.45) is 0 Å². The lowest BCUT2D eigenvalue weighted by molar-refractivity contribution is -0.384. The minimum atomic E-state index is -0.547. The lowest BCUT2D eigenvalue weighted by atomic mass is 10.0. The van der Waals surface area contributed by atoms with Crippen LogP contribution in [0.1, 0.15) is 23.2 Å². The summed E-state index contributed by atoms with van der Waals surface area (Å²) in [6.07, 6.45) is 1.43. The summed E-state index contributed by atoms with van der Waals surface area (Å²) in [7, 11) is 9.56. The Morgan fingerprint density at radius 1 is 0.719 bits per heavy atom. The number of non-ortho nitro benzene ring substituents is 1. The van der Waals surface area contributed by atoms with Crippen LogP contribution in [0, 0.1) is 10.1 Å². The zero-order chi connectivity index (χ0) is 43.5. The van der Waals surface area contributed by atoms with Crippen molar-refractivity contribution in [2.75, 3.05) is 91.7 Å². The molecule has 17 nitrogen and oxygen atoms in total. The molecule has 0 aliphatic heterocycles. The van der Waals surface area contributed by atoms with Crippen molar-refractivity contribution in [1.82, 2.24) is 34.0 Å². The van der Waals surface area contributed by atoms with Crippen LogP contribution in [0.5, 0.6) is 0 Å². The van der Waals surface area contributed by atoms with Gasteiger partial charge in [-0.3, -0.25) is 38.3 Å². The first kappa shape index (κ1) is 50.8. The molecule has 7 rings (SSSR count). The van der Waals surface area contributed by atoms with Crippen molar-refractivity contribution in [3.63, 3.8) is 0 Å². The van der Waals surface area contributed by atoms with Crippen molar-refractivity contribution in [3.8, 4) is 0 Å². The van der Waals surface area contributed by atoms with Gasteiger partial charge in [0.25, 0.3) is 17.2 Å². The summed E-state index contributed by atoms with van der Waals surface area (Å²) < 4.78 is 2.74. The maximum atomic E-state index is 14.0. The predicted octanol–water partition coefficient (Wildman–Crippen LogP) is 4.82. The van der Waals surface area contributed by atoms with Crippen LogP contribution in [0.4, 0.5) is 17.1 Å². The molecule has 1 amide bonds. The highest BCUT2D eigenvalue weighted by Gasteiger charge is 2.22. The van der Waals surface area contributed by atoms with Gasteiger partial charge in [0.1, 0.15) is 0 Å². The molecule has 0 fully saturated rings. The topological polar surface area (TPSA) is 199 Å². The Morgan fingerprint density at radius 3 is 2.00 bits per heavy atom. The highest BCUT2D eigenvalue weighted by molar-refractivity contribution is 6.11. The first-order valence-corrected chi connectivity index (χ1v) is 20.2. The first-order chi connectivity index (χ1) is 29.3. The molecule has 4 N–H and O–H groups in total. The number of likely N-dealkylation sites (N-methyl/N-ethyl adjacent to an activating group) is 2. The van der Waals surface area contributed by atoms with Gasteiger partial charge < -0.3 is 35.6 Å². The molecule has 342 valence electrons. The van der Waals surface area contributed by atoms with Crippen LogP contribution in [0.3, 0.4) is 0 Å². The number of nitrogens with zero attached hydrogens (tertiary/aromatic N) is 6. The number of para-hydroxylation sites is 1. The van der Waals surface area contributed by atoms with Crippen LogP contribution in [0.2, 0.25) is 0 Å². The van der Waals surface area contributed by atoms with E-state index in [1.165, 1.54) is 27.2 Å². The SMILES string of the molecule is CN(C)CCNC(=O)c1ccc(NCCCN(C)CCCNc2ccc3c(=O)n(CCN(C)C)c(=O)n4c5ccccc5c(=O)c2c34)c2c(=O)c3cc([N+](=O)[O-])ccc3[nH]c12.Cl.Cl.Cl. The Kier molecular flexibility index (Phi) is 17.2. The highest BCUT2D eigenvalue weighted by Crippen LogP contribution is 2.28. The molecule has 7 aromatic rings. The van der Waals surface area contributed by atoms with E-state index in [0.29, 0.717) is 101 Å². The Balaban J connectivity index is 0.00000299. The minimum Gasteiger partial charge on any atom is -0.384 e. The quantitative estimate of drug-likeness (QED) is 0.0301. The number of H-pyrrole nitrogens is 1. The number of hydrogen-bond donors (Lipinski definition) is 4. The molecule has 0 atom stereocenters. The van der Waals surface area contributed by atoms with Crippen molar-refractivity contribution in [2.45, 2.75) is 19.4 Å². The summed E-state index contributed by atoms with van der Waals surface area (Å²) in [5, 5.41) is 22.6. The van der Waals surface area contributed by atoms with E-state index in [1.54, 1.807) is 48.5 Å². The molecule has 0 saturated heterocycles. The van der Waals surface area contributed by atoms with Gasteiger partial charge in [-0.05, 0) is 104 Å². The monoisotopic (exact) mass is 938 g/mol. The zero-order valence-electron chi connectivity index (χ0n) is 36.2. The lowest BCUT2D eigenvalue weighted by Crippen LogP contribution is -2.40. The van der Waals surface area contributed by atoms with Crippen molar-refractivity contribution in [1.29, 1.82) is 0 Å². The molecule has 0 radical (unpaired) electrons. The molecule has 0 aliphatic carbocycles. The number of halogens is 3. The van der Waals surface area contributed by atoms with Crippen molar-refractivity contribution >= 4 is 109 Å². The fourth-order valence-corrected chi connectivity index (χ4v) is 7.80. The molecule has 20 heteroatoms.